The normalized spacial score (nSPS) is 11.9. The first-order valence-corrected chi connectivity index (χ1v) is 11.1. The van der Waals surface area contributed by atoms with E-state index in [0.717, 1.165) is 22.3 Å². The summed E-state index contributed by atoms with van der Waals surface area (Å²) in [5, 5.41) is 8.40. The molecule has 4 heterocycles. The van der Waals surface area contributed by atoms with E-state index < -0.39 is 0 Å². The van der Waals surface area contributed by atoms with Crippen molar-refractivity contribution in [3.8, 4) is 11.3 Å². The second kappa shape index (κ2) is 9.23. The van der Waals surface area contributed by atoms with Crippen LogP contribution < -0.4 is 5.32 Å². The van der Waals surface area contributed by atoms with Gasteiger partial charge in [0.05, 0.1) is 35.4 Å². The Bertz CT molecular complexity index is 1450. The van der Waals surface area contributed by atoms with Gasteiger partial charge in [-0.1, -0.05) is 30.3 Å². The van der Waals surface area contributed by atoms with Crippen LogP contribution in [0.15, 0.2) is 85.6 Å². The highest BCUT2D eigenvalue weighted by atomic mass is 16.1. The number of carbonyl (C=O) groups is 1. The van der Waals surface area contributed by atoms with Crippen molar-refractivity contribution in [2.45, 2.75) is 26.4 Å². The number of carbonyl (C=O) groups excluding carboxylic acids is 1. The molecule has 0 spiro atoms. The summed E-state index contributed by atoms with van der Waals surface area (Å²) in [6.07, 6.45) is 8.70. The smallest absolute Gasteiger partial charge is 0.252 e. The van der Waals surface area contributed by atoms with Crippen LogP contribution in [0.2, 0.25) is 0 Å². The van der Waals surface area contributed by atoms with Crippen molar-refractivity contribution in [1.29, 1.82) is 0 Å². The van der Waals surface area contributed by atoms with Crippen molar-refractivity contribution in [3.63, 3.8) is 0 Å². The lowest BCUT2D eigenvalue weighted by atomic mass is 10.0. The van der Waals surface area contributed by atoms with Crippen LogP contribution in [0.25, 0.3) is 22.3 Å². The monoisotopic (exact) mass is 448 g/mol. The van der Waals surface area contributed by atoms with Crippen LogP contribution >= 0.6 is 0 Å². The second-order valence-corrected chi connectivity index (χ2v) is 8.25. The fourth-order valence-corrected chi connectivity index (χ4v) is 4.10. The zero-order valence-corrected chi connectivity index (χ0v) is 19.0. The van der Waals surface area contributed by atoms with Crippen LogP contribution in [0.3, 0.4) is 0 Å². The molecule has 34 heavy (non-hydrogen) atoms. The van der Waals surface area contributed by atoms with Gasteiger partial charge in [0.1, 0.15) is 0 Å². The van der Waals surface area contributed by atoms with Gasteiger partial charge < -0.3 is 5.32 Å². The number of hydrogen-bond donors (Lipinski definition) is 1. The first-order chi connectivity index (χ1) is 16.6. The van der Waals surface area contributed by atoms with Crippen molar-refractivity contribution in [1.82, 2.24) is 30.0 Å². The van der Waals surface area contributed by atoms with Gasteiger partial charge in [0.2, 0.25) is 0 Å². The number of aromatic nitrogens is 5. The summed E-state index contributed by atoms with van der Waals surface area (Å²) in [7, 11) is 0. The predicted molar refractivity (Wildman–Crippen MR) is 131 cm³/mol. The van der Waals surface area contributed by atoms with Crippen LogP contribution in [0.4, 0.5) is 0 Å². The number of hydrogen-bond acceptors (Lipinski definition) is 5. The minimum Gasteiger partial charge on any atom is -0.345 e. The van der Waals surface area contributed by atoms with E-state index in [2.05, 4.69) is 20.4 Å². The van der Waals surface area contributed by atoms with E-state index in [-0.39, 0.29) is 11.9 Å². The first-order valence-electron chi connectivity index (χ1n) is 11.1. The lowest BCUT2D eigenvalue weighted by molar-refractivity contribution is 0.0941. The number of benzene rings is 1. The number of amides is 1. The molecule has 168 valence electrons. The molecule has 1 N–H and O–H groups in total. The van der Waals surface area contributed by atoms with Crippen LogP contribution in [0.5, 0.6) is 0 Å². The van der Waals surface area contributed by atoms with Crippen molar-refractivity contribution in [2.75, 3.05) is 0 Å². The van der Waals surface area contributed by atoms with Crippen molar-refractivity contribution in [2.24, 2.45) is 0 Å². The maximum Gasteiger partial charge on any atom is 0.252 e. The average molecular weight is 449 g/mol. The first kappa shape index (κ1) is 21.5. The average Bonchev–Trinajstić information content (AvgIpc) is 3.27. The number of rotatable bonds is 6. The summed E-state index contributed by atoms with van der Waals surface area (Å²) >= 11 is 0. The third-order valence-electron chi connectivity index (χ3n) is 5.87. The highest BCUT2D eigenvalue weighted by Gasteiger charge is 2.20. The minimum atomic E-state index is -0.172. The fraction of sp³-hybridized carbons (Fsp3) is 0.148. The molecule has 4 aromatic heterocycles. The maximum atomic E-state index is 13.5. The van der Waals surface area contributed by atoms with Crippen LogP contribution in [0.1, 0.15) is 40.0 Å². The maximum absolute atomic E-state index is 13.5. The van der Waals surface area contributed by atoms with Gasteiger partial charge in [-0.05, 0) is 54.8 Å². The molecular weight excluding hydrogens is 424 g/mol. The van der Waals surface area contributed by atoms with Crippen molar-refractivity contribution in [3.05, 3.63) is 108 Å². The Hall–Kier alpha value is -4.39. The lowest BCUT2D eigenvalue weighted by Crippen LogP contribution is -2.27. The van der Waals surface area contributed by atoms with E-state index in [1.165, 1.54) is 0 Å². The summed E-state index contributed by atoms with van der Waals surface area (Å²) in [4.78, 5) is 26.8. The topological polar surface area (TPSA) is 85.6 Å². The summed E-state index contributed by atoms with van der Waals surface area (Å²) in [5.74, 6) is -0.172. The molecule has 7 nitrogen and oxygen atoms in total. The van der Waals surface area contributed by atoms with Crippen LogP contribution in [-0.2, 0) is 6.54 Å². The number of pyridine rings is 3. The Labute approximate surface area is 197 Å². The molecule has 5 aromatic rings. The van der Waals surface area contributed by atoms with Gasteiger partial charge in [-0.15, -0.1) is 0 Å². The van der Waals surface area contributed by atoms with Gasteiger partial charge in [-0.2, -0.15) is 5.10 Å². The molecule has 1 atom stereocenters. The third kappa shape index (κ3) is 4.28. The van der Waals surface area contributed by atoms with E-state index in [1.54, 1.807) is 35.7 Å². The Morgan fingerprint density at radius 3 is 2.53 bits per heavy atom. The van der Waals surface area contributed by atoms with Crippen molar-refractivity contribution >= 4 is 16.9 Å². The minimum absolute atomic E-state index is 0.149. The number of nitrogens with zero attached hydrogens (tertiary/aromatic N) is 5. The summed E-state index contributed by atoms with van der Waals surface area (Å²) in [6.45, 7) is 4.54. The van der Waals surface area contributed by atoms with E-state index in [0.29, 0.717) is 28.8 Å². The second-order valence-electron chi connectivity index (χ2n) is 8.25. The molecule has 0 saturated heterocycles. The Kier molecular flexibility index (Phi) is 5.82. The molecule has 7 heteroatoms. The van der Waals surface area contributed by atoms with Crippen molar-refractivity contribution < 1.29 is 4.79 Å². The molecule has 0 aliphatic heterocycles. The highest BCUT2D eigenvalue weighted by Crippen LogP contribution is 2.26. The third-order valence-corrected chi connectivity index (χ3v) is 5.87. The van der Waals surface area contributed by atoms with Gasteiger partial charge in [0.15, 0.2) is 5.65 Å². The highest BCUT2D eigenvalue weighted by molar-refractivity contribution is 6.06. The van der Waals surface area contributed by atoms with Crippen LogP contribution in [0, 0.1) is 6.92 Å². The molecule has 1 aromatic carbocycles. The van der Waals surface area contributed by atoms with E-state index in [9.17, 15) is 4.79 Å². The largest absolute Gasteiger partial charge is 0.345 e. The molecule has 0 saturated carbocycles. The Morgan fingerprint density at radius 2 is 1.79 bits per heavy atom. The summed E-state index contributed by atoms with van der Waals surface area (Å²) < 4.78 is 1.80. The predicted octanol–water partition coefficient (Wildman–Crippen LogP) is 4.74. The van der Waals surface area contributed by atoms with Gasteiger partial charge in [-0.25, -0.2) is 9.67 Å². The molecule has 5 rings (SSSR count). The molecule has 0 bridgehead atoms. The Morgan fingerprint density at radius 1 is 1.00 bits per heavy atom. The van der Waals surface area contributed by atoms with E-state index in [4.69, 9.17) is 4.98 Å². The zero-order valence-electron chi connectivity index (χ0n) is 19.0. The van der Waals surface area contributed by atoms with Crippen LogP contribution in [-0.4, -0.2) is 30.6 Å². The summed E-state index contributed by atoms with van der Waals surface area (Å²) in [6, 6.07) is 17.4. The van der Waals surface area contributed by atoms with E-state index in [1.807, 2.05) is 68.4 Å². The van der Waals surface area contributed by atoms with Gasteiger partial charge >= 0.3 is 0 Å². The molecular formula is C27H24N6O. The molecule has 1 amide bonds. The van der Waals surface area contributed by atoms with Gasteiger partial charge in [-0.3, -0.25) is 14.8 Å². The molecule has 0 aliphatic carbocycles. The molecule has 0 radical (unpaired) electrons. The summed E-state index contributed by atoms with van der Waals surface area (Å²) in [5.41, 5.74) is 5.89. The molecule has 0 aliphatic rings. The number of nitrogens with one attached hydrogen (secondary N) is 1. The van der Waals surface area contributed by atoms with Gasteiger partial charge in [0, 0.05) is 30.4 Å². The number of fused-ring (bicyclic) bond motifs is 1. The SMILES string of the molecule is Cc1ccccc1C(C)NC(=O)c1cc(-c2cccnc2)nc2c1cnn2Cc1cccnc1. The fourth-order valence-electron chi connectivity index (χ4n) is 4.10. The lowest BCUT2D eigenvalue weighted by Gasteiger charge is -2.17. The zero-order chi connectivity index (χ0) is 23.5. The standard InChI is InChI=1S/C27H24N6O/c1-18-7-3-4-10-22(18)19(2)31-27(34)23-13-25(21-9-6-12-29-15-21)32-26-24(23)16-30-33(26)17-20-8-5-11-28-14-20/h3-16,19H,17H2,1-2H3,(H,31,34). The van der Waals surface area contributed by atoms with E-state index >= 15 is 0 Å². The number of aryl methyl sites for hydroxylation is 1. The quantitative estimate of drug-likeness (QED) is 0.406. The van der Waals surface area contributed by atoms with Gasteiger partial charge in [0.25, 0.3) is 5.91 Å². The molecule has 1 unspecified atom stereocenters. The Balaban J connectivity index is 1.57. The molecule has 0 fully saturated rings.